The molecular formula is C14H12N4O2S. The van der Waals surface area contributed by atoms with Crippen LogP contribution in [0.4, 0.5) is 5.82 Å². The predicted molar refractivity (Wildman–Crippen MR) is 83.0 cm³/mol. The van der Waals surface area contributed by atoms with Crippen molar-refractivity contribution in [2.24, 2.45) is 4.99 Å². The number of phenols is 2. The van der Waals surface area contributed by atoms with Gasteiger partial charge in [0, 0.05) is 24.4 Å². The number of nitriles is 1. The Bertz CT molecular complexity index is 834. The van der Waals surface area contributed by atoms with Gasteiger partial charge in [-0.3, -0.25) is 4.99 Å². The van der Waals surface area contributed by atoms with Crippen LogP contribution in [0.5, 0.6) is 11.5 Å². The molecule has 0 amide bonds. The van der Waals surface area contributed by atoms with Crippen molar-refractivity contribution in [3.05, 3.63) is 34.0 Å². The summed E-state index contributed by atoms with van der Waals surface area (Å²) in [5.74, 6) is -0.413. The van der Waals surface area contributed by atoms with Gasteiger partial charge in [0.05, 0.1) is 0 Å². The summed E-state index contributed by atoms with van der Waals surface area (Å²) in [4.78, 5) is 6.67. The molecule has 0 atom stereocenters. The number of anilines is 1. The number of nitrogens with one attached hydrogen (secondary N) is 1. The molecule has 0 unspecified atom stereocenters. The molecule has 0 spiro atoms. The maximum atomic E-state index is 9.65. The Labute approximate surface area is 125 Å². The number of aliphatic imine (C=N–C) groups is 1. The highest BCUT2D eigenvalue weighted by molar-refractivity contribution is 7.71. The van der Waals surface area contributed by atoms with Gasteiger partial charge in [-0.25, -0.2) is 0 Å². The van der Waals surface area contributed by atoms with E-state index in [4.69, 9.17) is 18.0 Å². The molecular weight excluding hydrogens is 288 g/mol. The first-order valence-electron chi connectivity index (χ1n) is 5.90. The van der Waals surface area contributed by atoms with Crippen LogP contribution in [0, 0.1) is 16.0 Å². The second kappa shape index (κ2) is 5.64. The number of phenolic OH excluding ortho intramolecular Hbond substituents is 2. The molecule has 2 rings (SSSR count). The van der Waals surface area contributed by atoms with Gasteiger partial charge in [0.15, 0.2) is 11.5 Å². The summed E-state index contributed by atoms with van der Waals surface area (Å²) >= 11 is 5.21. The molecule has 5 N–H and O–H groups in total. The Morgan fingerprint density at radius 2 is 2.10 bits per heavy atom. The number of nitrogens with zero attached hydrogens (tertiary/aromatic N) is 2. The van der Waals surface area contributed by atoms with E-state index in [1.54, 1.807) is 13.1 Å². The fourth-order valence-electron chi connectivity index (χ4n) is 1.98. The smallest absolute Gasteiger partial charge is 0.158 e. The average Bonchev–Trinajstić information content (AvgIpc) is 2.44. The van der Waals surface area contributed by atoms with Gasteiger partial charge in [0.1, 0.15) is 22.1 Å². The highest BCUT2D eigenvalue weighted by atomic mass is 32.1. The summed E-state index contributed by atoms with van der Waals surface area (Å²) < 4.78 is 0.333. The zero-order valence-corrected chi connectivity index (χ0v) is 11.9. The van der Waals surface area contributed by atoms with Crippen LogP contribution in [-0.2, 0) is 0 Å². The van der Waals surface area contributed by atoms with E-state index in [1.807, 2.05) is 6.07 Å². The molecule has 0 radical (unpaired) electrons. The Kier molecular flexibility index (Phi) is 3.91. The quantitative estimate of drug-likeness (QED) is 0.385. The van der Waals surface area contributed by atoms with Crippen LogP contribution in [0.2, 0.25) is 0 Å². The standard InChI is InChI=1S/C14H12N4O2S/c1-17-6-9-12(7-2-3-10(19)11(20)4-7)8(5-15)13(16)18-14(9)21/h2-4,6,19-20H,1H3,(H3,16,18,21). The van der Waals surface area contributed by atoms with E-state index < -0.39 is 0 Å². The number of hydrogen-bond acceptors (Lipinski definition) is 6. The Hall–Kier alpha value is -2.85. The second-order valence-corrected chi connectivity index (χ2v) is 4.64. The first-order chi connectivity index (χ1) is 9.99. The first kappa shape index (κ1) is 14.6. The lowest BCUT2D eigenvalue weighted by molar-refractivity contribution is 0.404. The van der Waals surface area contributed by atoms with Crippen molar-refractivity contribution in [1.29, 1.82) is 5.26 Å². The Morgan fingerprint density at radius 1 is 1.38 bits per heavy atom. The third-order valence-electron chi connectivity index (χ3n) is 2.92. The van der Waals surface area contributed by atoms with Crippen LogP contribution in [0.3, 0.4) is 0 Å². The topological polar surface area (TPSA) is 118 Å². The minimum Gasteiger partial charge on any atom is -0.504 e. The SMILES string of the molecule is CN=Cc1c(-c2ccc(O)c(O)c2)c(C#N)c(N)[nH]c1=S. The summed E-state index contributed by atoms with van der Waals surface area (Å²) in [6.07, 6.45) is 1.51. The van der Waals surface area contributed by atoms with Gasteiger partial charge >= 0.3 is 0 Å². The number of aromatic hydroxyl groups is 2. The monoisotopic (exact) mass is 300 g/mol. The molecule has 106 valence electrons. The zero-order chi connectivity index (χ0) is 15.6. The fraction of sp³-hybridized carbons (Fsp3) is 0.0714. The number of rotatable bonds is 2. The molecule has 0 saturated carbocycles. The molecule has 0 saturated heterocycles. The van der Waals surface area contributed by atoms with Crippen molar-refractivity contribution < 1.29 is 10.2 Å². The van der Waals surface area contributed by atoms with Gasteiger partial charge in [-0.2, -0.15) is 5.26 Å². The summed E-state index contributed by atoms with van der Waals surface area (Å²) in [5.41, 5.74) is 7.48. The number of nitrogens with two attached hydrogens (primary N) is 1. The van der Waals surface area contributed by atoms with E-state index in [-0.39, 0.29) is 22.9 Å². The van der Waals surface area contributed by atoms with Crippen LogP contribution in [0.15, 0.2) is 23.2 Å². The third kappa shape index (κ3) is 2.57. The summed E-state index contributed by atoms with van der Waals surface area (Å²) in [6.45, 7) is 0. The lowest BCUT2D eigenvalue weighted by Gasteiger charge is -2.12. The predicted octanol–water partition coefficient (Wildman–Crippen LogP) is 2.32. The van der Waals surface area contributed by atoms with E-state index in [0.29, 0.717) is 21.3 Å². The lowest BCUT2D eigenvalue weighted by Crippen LogP contribution is -2.03. The average molecular weight is 300 g/mol. The highest BCUT2D eigenvalue weighted by Crippen LogP contribution is 2.35. The molecule has 1 aromatic heterocycles. The molecule has 2 aromatic rings. The summed E-state index contributed by atoms with van der Waals surface area (Å²) in [5, 5.41) is 28.4. The minimum absolute atomic E-state index is 0.137. The van der Waals surface area contributed by atoms with Gasteiger partial charge in [0.25, 0.3) is 0 Å². The van der Waals surface area contributed by atoms with Crippen LogP contribution in [0.25, 0.3) is 11.1 Å². The summed E-state index contributed by atoms with van der Waals surface area (Å²) in [7, 11) is 1.58. The maximum Gasteiger partial charge on any atom is 0.158 e. The zero-order valence-electron chi connectivity index (χ0n) is 11.1. The molecule has 0 aliphatic rings. The maximum absolute atomic E-state index is 9.65. The molecule has 1 heterocycles. The molecule has 0 aliphatic heterocycles. The van der Waals surface area contributed by atoms with E-state index in [2.05, 4.69) is 9.98 Å². The number of hydrogen-bond donors (Lipinski definition) is 4. The number of nitrogen functional groups attached to an aromatic ring is 1. The van der Waals surface area contributed by atoms with E-state index in [0.717, 1.165) is 0 Å². The lowest BCUT2D eigenvalue weighted by atomic mass is 9.96. The summed E-state index contributed by atoms with van der Waals surface area (Å²) in [6, 6.07) is 6.24. The molecule has 6 nitrogen and oxygen atoms in total. The van der Waals surface area contributed by atoms with Gasteiger partial charge in [-0.1, -0.05) is 18.3 Å². The second-order valence-electron chi connectivity index (χ2n) is 4.23. The molecule has 1 aromatic carbocycles. The normalized spacial score (nSPS) is 10.7. The largest absolute Gasteiger partial charge is 0.504 e. The molecule has 0 bridgehead atoms. The number of pyridine rings is 1. The molecule has 7 heteroatoms. The van der Waals surface area contributed by atoms with Crippen molar-refractivity contribution in [3.63, 3.8) is 0 Å². The van der Waals surface area contributed by atoms with Gasteiger partial charge in [0.2, 0.25) is 0 Å². The van der Waals surface area contributed by atoms with Crippen molar-refractivity contribution in [3.8, 4) is 28.7 Å². The number of H-pyrrole nitrogens is 1. The van der Waals surface area contributed by atoms with Crippen LogP contribution in [0.1, 0.15) is 11.1 Å². The molecule has 0 aliphatic carbocycles. The highest BCUT2D eigenvalue weighted by Gasteiger charge is 2.16. The van der Waals surface area contributed by atoms with Crippen LogP contribution >= 0.6 is 12.2 Å². The van der Waals surface area contributed by atoms with Crippen LogP contribution in [-0.4, -0.2) is 28.5 Å². The van der Waals surface area contributed by atoms with E-state index in [9.17, 15) is 15.5 Å². The van der Waals surface area contributed by atoms with Gasteiger partial charge in [-0.05, 0) is 17.7 Å². The van der Waals surface area contributed by atoms with Crippen molar-refractivity contribution in [1.82, 2.24) is 4.98 Å². The van der Waals surface area contributed by atoms with Gasteiger partial charge in [-0.15, -0.1) is 0 Å². The number of benzene rings is 1. The van der Waals surface area contributed by atoms with Crippen molar-refractivity contribution in [2.75, 3.05) is 12.8 Å². The Balaban J connectivity index is 2.91. The first-order valence-corrected chi connectivity index (χ1v) is 6.30. The number of aromatic amines is 1. The van der Waals surface area contributed by atoms with Crippen molar-refractivity contribution >= 4 is 24.3 Å². The molecule has 21 heavy (non-hydrogen) atoms. The van der Waals surface area contributed by atoms with Crippen molar-refractivity contribution in [2.45, 2.75) is 0 Å². The minimum atomic E-state index is -0.298. The van der Waals surface area contributed by atoms with E-state index >= 15 is 0 Å². The van der Waals surface area contributed by atoms with Crippen LogP contribution < -0.4 is 5.73 Å². The fourth-order valence-corrected chi connectivity index (χ4v) is 2.25. The van der Waals surface area contributed by atoms with Gasteiger partial charge < -0.3 is 20.9 Å². The third-order valence-corrected chi connectivity index (χ3v) is 3.24. The number of aromatic nitrogens is 1. The Morgan fingerprint density at radius 3 is 2.67 bits per heavy atom. The van der Waals surface area contributed by atoms with E-state index in [1.165, 1.54) is 18.3 Å². The molecule has 0 fully saturated rings.